The minimum Gasteiger partial charge on any atom is -0.203 e. The van der Waals surface area contributed by atoms with Gasteiger partial charge < -0.3 is 0 Å². The van der Waals surface area contributed by atoms with E-state index in [0.29, 0.717) is 11.1 Å². The van der Waals surface area contributed by atoms with Crippen molar-refractivity contribution in [2.75, 3.05) is 0 Å². The Labute approximate surface area is 137 Å². The summed E-state index contributed by atoms with van der Waals surface area (Å²) in [7, 11) is 0. The Kier molecular flexibility index (Phi) is 4.05. The monoisotopic (exact) mass is 316 g/mol. The van der Waals surface area contributed by atoms with Crippen LogP contribution in [0.15, 0.2) is 60.7 Å². The van der Waals surface area contributed by atoms with Gasteiger partial charge in [0.15, 0.2) is 11.6 Å². The van der Waals surface area contributed by atoms with Crippen molar-refractivity contribution in [3.8, 4) is 34.4 Å². The Hall–Kier alpha value is -3.50. The summed E-state index contributed by atoms with van der Waals surface area (Å²) in [6.45, 7) is 0. The van der Waals surface area contributed by atoms with Crippen LogP contribution in [0.2, 0.25) is 0 Å². The Morgan fingerprint density at radius 2 is 0.917 bits per heavy atom. The second-order valence-electron chi connectivity index (χ2n) is 5.10. The molecule has 3 rings (SSSR count). The predicted octanol–water partition coefficient (Wildman–Crippen LogP) is 5.04. The summed E-state index contributed by atoms with van der Waals surface area (Å²) < 4.78 is 29.2. The molecular weight excluding hydrogens is 306 g/mol. The fraction of sp³-hybridized carbons (Fsp3) is 0. The van der Waals surface area contributed by atoms with Gasteiger partial charge in [-0.15, -0.1) is 0 Å². The molecule has 4 heteroatoms. The van der Waals surface area contributed by atoms with Crippen LogP contribution in [0.5, 0.6) is 0 Å². The van der Waals surface area contributed by atoms with Crippen molar-refractivity contribution in [3.63, 3.8) is 0 Å². The molecule has 0 heterocycles. The zero-order valence-corrected chi connectivity index (χ0v) is 12.4. The van der Waals surface area contributed by atoms with Crippen LogP contribution in [0.3, 0.4) is 0 Å². The summed E-state index contributed by atoms with van der Waals surface area (Å²) in [5.74, 6) is -2.08. The highest BCUT2D eigenvalue weighted by Gasteiger charge is 2.18. The first-order valence-electron chi connectivity index (χ1n) is 7.14. The lowest BCUT2D eigenvalue weighted by atomic mass is 9.94. The van der Waals surface area contributed by atoms with Crippen LogP contribution in [0, 0.1) is 34.3 Å². The number of hydrogen-bond acceptors (Lipinski definition) is 2. The quantitative estimate of drug-likeness (QED) is 0.665. The second-order valence-corrected chi connectivity index (χ2v) is 5.10. The van der Waals surface area contributed by atoms with E-state index in [2.05, 4.69) is 0 Å². The molecule has 0 atom stereocenters. The first-order chi connectivity index (χ1) is 11.7. The van der Waals surface area contributed by atoms with Crippen molar-refractivity contribution in [1.29, 1.82) is 10.5 Å². The highest BCUT2D eigenvalue weighted by atomic mass is 19.2. The van der Waals surface area contributed by atoms with Crippen molar-refractivity contribution in [3.05, 3.63) is 83.4 Å². The molecular formula is C20H10F2N2. The van der Waals surface area contributed by atoms with Gasteiger partial charge in [0.25, 0.3) is 0 Å². The van der Waals surface area contributed by atoms with E-state index in [9.17, 15) is 8.78 Å². The topological polar surface area (TPSA) is 47.6 Å². The minimum atomic E-state index is -1.04. The third kappa shape index (κ3) is 2.51. The van der Waals surface area contributed by atoms with Gasteiger partial charge in [-0.2, -0.15) is 10.5 Å². The van der Waals surface area contributed by atoms with Crippen LogP contribution in [-0.4, -0.2) is 0 Å². The molecule has 0 spiro atoms. The van der Waals surface area contributed by atoms with Gasteiger partial charge in [0.05, 0.1) is 23.3 Å². The van der Waals surface area contributed by atoms with Gasteiger partial charge in [0.2, 0.25) is 0 Å². The van der Waals surface area contributed by atoms with Crippen LogP contribution < -0.4 is 0 Å². The summed E-state index contributed by atoms with van der Waals surface area (Å²) in [6.07, 6.45) is 0. The van der Waals surface area contributed by atoms with Crippen molar-refractivity contribution in [1.82, 2.24) is 0 Å². The molecule has 0 amide bonds. The third-order valence-corrected chi connectivity index (χ3v) is 3.76. The summed E-state index contributed by atoms with van der Waals surface area (Å²) >= 11 is 0. The van der Waals surface area contributed by atoms with E-state index in [0.717, 1.165) is 0 Å². The van der Waals surface area contributed by atoms with Crippen LogP contribution >= 0.6 is 0 Å². The molecule has 0 unspecified atom stereocenters. The molecule has 0 saturated carbocycles. The number of halogens is 2. The first-order valence-corrected chi connectivity index (χ1v) is 7.14. The Bertz CT molecular complexity index is 928. The molecule has 0 aliphatic carbocycles. The van der Waals surface area contributed by atoms with Gasteiger partial charge in [-0.1, -0.05) is 48.5 Å². The van der Waals surface area contributed by atoms with Gasteiger partial charge >= 0.3 is 0 Å². The van der Waals surface area contributed by atoms with E-state index >= 15 is 0 Å². The molecule has 114 valence electrons. The van der Waals surface area contributed by atoms with Crippen molar-refractivity contribution < 1.29 is 8.78 Å². The van der Waals surface area contributed by atoms with Crippen molar-refractivity contribution in [2.45, 2.75) is 0 Å². The number of rotatable bonds is 2. The lowest BCUT2D eigenvalue weighted by molar-refractivity contribution is 0.514. The van der Waals surface area contributed by atoms with Gasteiger partial charge in [-0.25, -0.2) is 8.78 Å². The summed E-state index contributed by atoms with van der Waals surface area (Å²) in [5.41, 5.74) is 1.22. The van der Waals surface area contributed by atoms with E-state index in [1.165, 1.54) is 12.1 Å². The fourth-order valence-corrected chi connectivity index (χ4v) is 2.60. The summed E-state index contributed by atoms with van der Waals surface area (Å²) in [6, 6.07) is 19.7. The zero-order chi connectivity index (χ0) is 17.1. The molecule has 0 aliphatic rings. The standard InChI is InChI=1S/C20H10F2N2/c21-19-17(15-7-3-1-5-13(15)11-23)9-10-18(20(19)22)16-8-4-2-6-14(16)12-24/h1-10H. The third-order valence-electron chi connectivity index (χ3n) is 3.76. The average Bonchev–Trinajstić information content (AvgIpc) is 2.64. The Morgan fingerprint density at radius 3 is 1.29 bits per heavy atom. The molecule has 0 aromatic heterocycles. The molecule has 3 aromatic rings. The number of hydrogen-bond donors (Lipinski definition) is 0. The van der Waals surface area contributed by atoms with Crippen LogP contribution in [0.1, 0.15) is 11.1 Å². The van der Waals surface area contributed by atoms with E-state index in [-0.39, 0.29) is 22.3 Å². The molecule has 0 aliphatic heterocycles. The molecule has 2 nitrogen and oxygen atoms in total. The summed E-state index contributed by atoms with van der Waals surface area (Å²) in [4.78, 5) is 0. The summed E-state index contributed by atoms with van der Waals surface area (Å²) in [5, 5.41) is 18.3. The highest BCUT2D eigenvalue weighted by molar-refractivity contribution is 5.77. The molecule has 0 radical (unpaired) electrons. The lowest BCUT2D eigenvalue weighted by Crippen LogP contribution is -1.96. The predicted molar refractivity (Wildman–Crippen MR) is 86.7 cm³/mol. The SMILES string of the molecule is N#Cc1ccccc1-c1ccc(-c2ccccc2C#N)c(F)c1F. The minimum absolute atomic E-state index is 0.0165. The largest absolute Gasteiger partial charge is 0.203 e. The van der Waals surface area contributed by atoms with Gasteiger partial charge in [0, 0.05) is 22.3 Å². The maximum absolute atomic E-state index is 14.6. The molecule has 24 heavy (non-hydrogen) atoms. The number of benzene rings is 3. The normalized spacial score (nSPS) is 10.0. The van der Waals surface area contributed by atoms with Crippen molar-refractivity contribution in [2.24, 2.45) is 0 Å². The molecule has 0 fully saturated rings. The van der Waals surface area contributed by atoms with Gasteiger partial charge in [0.1, 0.15) is 0 Å². The van der Waals surface area contributed by atoms with Crippen LogP contribution in [0.25, 0.3) is 22.3 Å². The maximum atomic E-state index is 14.6. The van der Waals surface area contributed by atoms with Crippen molar-refractivity contribution >= 4 is 0 Å². The van der Waals surface area contributed by atoms with Gasteiger partial charge in [-0.3, -0.25) is 0 Å². The lowest BCUT2D eigenvalue weighted by Gasteiger charge is -2.11. The molecule has 0 saturated heterocycles. The second kappa shape index (κ2) is 6.32. The molecule has 3 aromatic carbocycles. The van der Waals surface area contributed by atoms with E-state index in [1.807, 2.05) is 12.1 Å². The maximum Gasteiger partial charge on any atom is 0.167 e. The average molecular weight is 316 g/mol. The van der Waals surface area contributed by atoms with Crippen LogP contribution in [-0.2, 0) is 0 Å². The van der Waals surface area contributed by atoms with Crippen LogP contribution in [0.4, 0.5) is 8.78 Å². The number of nitrogens with zero attached hydrogens (tertiary/aromatic N) is 2. The fourth-order valence-electron chi connectivity index (χ4n) is 2.60. The van der Waals surface area contributed by atoms with E-state index < -0.39 is 11.6 Å². The Balaban J connectivity index is 2.22. The highest BCUT2D eigenvalue weighted by Crippen LogP contribution is 2.33. The number of nitriles is 2. The Morgan fingerprint density at radius 1 is 0.542 bits per heavy atom. The van der Waals surface area contributed by atoms with E-state index in [1.54, 1.807) is 48.5 Å². The van der Waals surface area contributed by atoms with E-state index in [4.69, 9.17) is 10.5 Å². The molecule has 0 N–H and O–H groups in total. The first kappa shape index (κ1) is 15.4. The smallest absolute Gasteiger partial charge is 0.167 e. The molecule has 0 bridgehead atoms. The van der Waals surface area contributed by atoms with Gasteiger partial charge in [-0.05, 0) is 12.1 Å². The zero-order valence-electron chi connectivity index (χ0n) is 12.4.